The lowest BCUT2D eigenvalue weighted by Gasteiger charge is -2.18. The Morgan fingerprint density at radius 2 is 1.91 bits per heavy atom. The lowest BCUT2D eigenvalue weighted by atomic mass is 9.87. The first-order chi connectivity index (χ1) is 10.8. The van der Waals surface area contributed by atoms with Gasteiger partial charge in [0, 0.05) is 31.4 Å². The van der Waals surface area contributed by atoms with Gasteiger partial charge in [0.1, 0.15) is 0 Å². The predicted molar refractivity (Wildman–Crippen MR) is 94.0 cm³/mol. The second-order valence-corrected chi connectivity index (χ2v) is 6.84. The van der Waals surface area contributed by atoms with Crippen LogP contribution in [0.3, 0.4) is 0 Å². The van der Waals surface area contributed by atoms with E-state index in [9.17, 15) is 4.79 Å². The molecular weight excluding hydrogens is 286 g/mol. The van der Waals surface area contributed by atoms with E-state index in [1.165, 1.54) is 5.56 Å². The number of carbonyl (C=O) groups is 1. The van der Waals surface area contributed by atoms with Crippen molar-refractivity contribution in [3.63, 3.8) is 0 Å². The Bertz CT molecular complexity index is 703. The minimum absolute atomic E-state index is 0.104. The van der Waals surface area contributed by atoms with Gasteiger partial charge in [-0.15, -0.1) is 0 Å². The molecule has 0 fully saturated rings. The number of carbonyl (C=O) groups excluding carboxylic acids is 1. The molecular formula is C19H25N3O. The molecule has 0 spiro atoms. The molecule has 0 bridgehead atoms. The molecule has 2 rings (SSSR count). The van der Waals surface area contributed by atoms with Crippen molar-refractivity contribution in [2.24, 2.45) is 7.05 Å². The molecule has 2 aromatic rings. The van der Waals surface area contributed by atoms with Crippen molar-refractivity contribution >= 4 is 12.0 Å². The van der Waals surface area contributed by atoms with Gasteiger partial charge < -0.3 is 5.32 Å². The molecule has 0 unspecified atom stereocenters. The summed E-state index contributed by atoms with van der Waals surface area (Å²) in [5.41, 5.74) is 4.41. The van der Waals surface area contributed by atoms with Crippen molar-refractivity contribution in [2.45, 2.75) is 39.7 Å². The quantitative estimate of drug-likeness (QED) is 0.880. The van der Waals surface area contributed by atoms with Gasteiger partial charge in [0.2, 0.25) is 5.91 Å². The highest BCUT2D eigenvalue weighted by Gasteiger charge is 2.12. The van der Waals surface area contributed by atoms with E-state index in [1.807, 2.05) is 38.4 Å². The van der Waals surface area contributed by atoms with Crippen molar-refractivity contribution in [2.75, 3.05) is 0 Å². The average Bonchev–Trinajstić information content (AvgIpc) is 2.80. The highest BCUT2D eigenvalue weighted by molar-refractivity contribution is 5.91. The molecule has 1 amide bonds. The first-order valence-electron chi connectivity index (χ1n) is 7.81. The molecule has 1 aromatic carbocycles. The van der Waals surface area contributed by atoms with E-state index in [0.717, 1.165) is 16.8 Å². The zero-order valence-electron chi connectivity index (χ0n) is 14.6. The van der Waals surface area contributed by atoms with E-state index >= 15 is 0 Å². The van der Waals surface area contributed by atoms with Crippen molar-refractivity contribution in [1.29, 1.82) is 0 Å². The summed E-state index contributed by atoms with van der Waals surface area (Å²) in [5, 5.41) is 7.14. The average molecular weight is 311 g/mol. The van der Waals surface area contributed by atoms with E-state index in [1.54, 1.807) is 10.8 Å². The highest BCUT2D eigenvalue weighted by atomic mass is 16.1. The van der Waals surface area contributed by atoms with Crippen LogP contribution >= 0.6 is 0 Å². The Hall–Kier alpha value is -2.36. The molecule has 4 heteroatoms. The molecule has 1 heterocycles. The van der Waals surface area contributed by atoms with Gasteiger partial charge in [-0.2, -0.15) is 5.10 Å². The number of amides is 1. The minimum atomic E-state index is -0.104. The smallest absolute Gasteiger partial charge is 0.244 e. The maximum absolute atomic E-state index is 11.9. The van der Waals surface area contributed by atoms with Crippen LogP contribution in [0.5, 0.6) is 0 Å². The lowest BCUT2D eigenvalue weighted by molar-refractivity contribution is -0.116. The molecule has 0 saturated carbocycles. The largest absolute Gasteiger partial charge is 0.348 e. The first kappa shape index (κ1) is 17.0. The number of nitrogens with one attached hydrogen (secondary N) is 1. The Balaban J connectivity index is 1.92. The van der Waals surface area contributed by atoms with Gasteiger partial charge in [-0.1, -0.05) is 45.0 Å². The zero-order valence-corrected chi connectivity index (χ0v) is 14.6. The van der Waals surface area contributed by atoms with Crippen LogP contribution in [0.4, 0.5) is 0 Å². The number of rotatable bonds is 4. The van der Waals surface area contributed by atoms with Gasteiger partial charge >= 0.3 is 0 Å². The van der Waals surface area contributed by atoms with E-state index in [-0.39, 0.29) is 11.3 Å². The summed E-state index contributed by atoms with van der Waals surface area (Å²) >= 11 is 0. The third kappa shape index (κ3) is 4.81. The number of aromatic nitrogens is 2. The van der Waals surface area contributed by atoms with Crippen LogP contribution in [0.25, 0.3) is 6.08 Å². The normalized spacial score (nSPS) is 11.9. The molecule has 0 radical (unpaired) electrons. The maximum atomic E-state index is 11.9. The molecule has 4 nitrogen and oxygen atoms in total. The summed E-state index contributed by atoms with van der Waals surface area (Å²) in [7, 11) is 1.87. The second-order valence-electron chi connectivity index (χ2n) is 6.84. The van der Waals surface area contributed by atoms with Crippen molar-refractivity contribution in [3.8, 4) is 0 Å². The number of hydrogen-bond donors (Lipinski definition) is 1. The highest BCUT2D eigenvalue weighted by Crippen LogP contribution is 2.22. The van der Waals surface area contributed by atoms with Crippen molar-refractivity contribution < 1.29 is 4.79 Å². The first-order valence-corrected chi connectivity index (χ1v) is 7.81. The summed E-state index contributed by atoms with van der Waals surface area (Å²) in [6.07, 6.45) is 5.32. The summed E-state index contributed by atoms with van der Waals surface area (Å²) in [5.74, 6) is -0.104. The Morgan fingerprint density at radius 3 is 2.43 bits per heavy atom. The Kier molecular flexibility index (Phi) is 5.04. The number of hydrogen-bond acceptors (Lipinski definition) is 2. The van der Waals surface area contributed by atoms with Crippen molar-refractivity contribution in [1.82, 2.24) is 15.1 Å². The van der Waals surface area contributed by atoms with Gasteiger partial charge in [0.25, 0.3) is 0 Å². The molecule has 23 heavy (non-hydrogen) atoms. The molecule has 0 aliphatic carbocycles. The SMILES string of the molecule is Cc1nn(C)cc1CNC(=O)/C=C/c1ccc(C(C)(C)C)cc1. The predicted octanol–water partition coefficient (Wildman–Crippen LogP) is 3.36. The van der Waals surface area contributed by atoms with E-state index < -0.39 is 0 Å². The summed E-state index contributed by atoms with van der Waals surface area (Å²) in [6.45, 7) is 8.99. The van der Waals surface area contributed by atoms with E-state index in [2.05, 4.69) is 43.3 Å². The monoisotopic (exact) mass is 311 g/mol. The fourth-order valence-corrected chi connectivity index (χ4v) is 2.33. The van der Waals surface area contributed by atoms with E-state index in [4.69, 9.17) is 0 Å². The second kappa shape index (κ2) is 6.82. The Labute approximate surface area is 138 Å². The fraction of sp³-hybridized carbons (Fsp3) is 0.368. The molecule has 0 aliphatic heterocycles. The molecule has 0 aliphatic rings. The van der Waals surface area contributed by atoms with Gasteiger partial charge in [-0.25, -0.2) is 0 Å². The van der Waals surface area contributed by atoms with Gasteiger partial charge in [-0.3, -0.25) is 9.48 Å². The molecule has 0 saturated heterocycles. The number of benzene rings is 1. The molecule has 1 aromatic heterocycles. The third-order valence-electron chi connectivity index (χ3n) is 3.77. The topological polar surface area (TPSA) is 46.9 Å². The van der Waals surface area contributed by atoms with Crippen LogP contribution in [-0.2, 0) is 23.8 Å². The van der Waals surface area contributed by atoms with Gasteiger partial charge in [0.05, 0.1) is 5.69 Å². The van der Waals surface area contributed by atoms with Crippen LogP contribution in [0.2, 0.25) is 0 Å². The lowest BCUT2D eigenvalue weighted by Crippen LogP contribution is -2.20. The standard InChI is InChI=1S/C19H25N3O/c1-14-16(13-22(5)21-14)12-20-18(23)11-8-15-6-9-17(10-7-15)19(2,3)4/h6-11,13H,12H2,1-5H3,(H,20,23)/b11-8+. The fourth-order valence-electron chi connectivity index (χ4n) is 2.33. The molecule has 1 N–H and O–H groups in total. The van der Waals surface area contributed by atoms with Gasteiger partial charge in [-0.05, 0) is 29.5 Å². The number of nitrogens with zero attached hydrogens (tertiary/aromatic N) is 2. The summed E-state index contributed by atoms with van der Waals surface area (Å²) in [4.78, 5) is 11.9. The zero-order chi connectivity index (χ0) is 17.0. The molecule has 122 valence electrons. The van der Waals surface area contributed by atoms with Crippen LogP contribution in [0.1, 0.15) is 43.2 Å². The van der Waals surface area contributed by atoms with Gasteiger partial charge in [0.15, 0.2) is 0 Å². The van der Waals surface area contributed by atoms with Crippen molar-refractivity contribution in [3.05, 3.63) is 58.9 Å². The third-order valence-corrected chi connectivity index (χ3v) is 3.77. The summed E-state index contributed by atoms with van der Waals surface area (Å²) in [6, 6.07) is 8.29. The number of aryl methyl sites for hydroxylation is 2. The van der Waals surface area contributed by atoms with Crippen LogP contribution in [-0.4, -0.2) is 15.7 Å². The van der Waals surface area contributed by atoms with Crippen LogP contribution in [0.15, 0.2) is 36.5 Å². The maximum Gasteiger partial charge on any atom is 0.244 e. The Morgan fingerprint density at radius 1 is 1.26 bits per heavy atom. The molecule has 0 atom stereocenters. The minimum Gasteiger partial charge on any atom is -0.348 e. The van der Waals surface area contributed by atoms with Crippen LogP contribution in [0, 0.1) is 6.92 Å². The van der Waals surface area contributed by atoms with Crippen LogP contribution < -0.4 is 5.32 Å². The van der Waals surface area contributed by atoms with E-state index in [0.29, 0.717) is 6.54 Å². The summed E-state index contributed by atoms with van der Waals surface area (Å²) < 4.78 is 1.75.